The van der Waals surface area contributed by atoms with E-state index in [9.17, 15) is 0 Å². The average molecular weight is 534 g/mol. The van der Waals surface area contributed by atoms with Crippen LogP contribution in [0.3, 0.4) is 0 Å². The molecule has 192 valence electrons. The molecule has 6 rings (SSSR count). The van der Waals surface area contributed by atoms with Crippen molar-refractivity contribution in [2.24, 2.45) is 0 Å². The van der Waals surface area contributed by atoms with E-state index in [0.29, 0.717) is 28.5 Å². The van der Waals surface area contributed by atoms with Crippen molar-refractivity contribution in [1.29, 1.82) is 0 Å². The fourth-order valence-corrected chi connectivity index (χ4v) is 7.53. The molecule has 4 aromatic rings. The molecule has 8 heteroatoms. The average Bonchev–Trinajstić information content (AvgIpc) is 3.31. The smallest absolute Gasteiger partial charge is 0.136 e. The van der Waals surface area contributed by atoms with Gasteiger partial charge in [-0.05, 0) is 62.9 Å². The number of fused-ring (bicyclic) bond motifs is 1. The van der Waals surface area contributed by atoms with Crippen molar-refractivity contribution in [3.8, 4) is 21.9 Å². The summed E-state index contributed by atoms with van der Waals surface area (Å²) >= 11 is 8.61. The van der Waals surface area contributed by atoms with Gasteiger partial charge in [0.05, 0.1) is 15.9 Å². The van der Waals surface area contributed by atoms with Crippen LogP contribution in [0.4, 0.5) is 5.82 Å². The lowest BCUT2D eigenvalue weighted by atomic mass is 9.84. The number of nitrogens with two attached hydrogens (primary N) is 1. The van der Waals surface area contributed by atoms with Crippen LogP contribution in [0.15, 0.2) is 54.9 Å². The lowest BCUT2D eigenvalue weighted by Crippen LogP contribution is -2.49. The minimum Gasteiger partial charge on any atom is -0.457 e. The number of hydrogen-bond donors (Lipinski definition) is 1. The van der Waals surface area contributed by atoms with E-state index in [2.05, 4.69) is 21.8 Å². The van der Waals surface area contributed by atoms with Gasteiger partial charge in [-0.15, -0.1) is 11.3 Å². The van der Waals surface area contributed by atoms with Crippen LogP contribution in [-0.2, 0) is 0 Å². The number of piperazine rings is 1. The van der Waals surface area contributed by atoms with E-state index in [0.717, 1.165) is 27.1 Å². The van der Waals surface area contributed by atoms with E-state index in [-0.39, 0.29) is 0 Å². The maximum atomic E-state index is 6.83. The van der Waals surface area contributed by atoms with Crippen molar-refractivity contribution >= 4 is 39.7 Å². The number of nitrogen functional groups attached to an aromatic ring is 1. The minimum absolute atomic E-state index is 0.485. The summed E-state index contributed by atoms with van der Waals surface area (Å²) in [6.45, 7) is 4.71. The number of aromatic nitrogens is 2. The number of para-hydroxylation sites is 1. The molecular formula is C29H32ClN5OS. The molecule has 37 heavy (non-hydrogen) atoms. The minimum atomic E-state index is 0.485. The maximum absolute atomic E-state index is 6.83. The van der Waals surface area contributed by atoms with E-state index in [1.165, 1.54) is 56.7 Å². The van der Waals surface area contributed by atoms with Gasteiger partial charge >= 0.3 is 0 Å². The van der Waals surface area contributed by atoms with Crippen LogP contribution in [0.25, 0.3) is 21.3 Å². The molecule has 1 aliphatic heterocycles. The molecule has 1 saturated heterocycles. The second-order valence-electron chi connectivity index (χ2n) is 10.2. The predicted molar refractivity (Wildman–Crippen MR) is 153 cm³/mol. The highest BCUT2D eigenvalue weighted by Crippen LogP contribution is 2.48. The zero-order valence-electron chi connectivity index (χ0n) is 21.1. The van der Waals surface area contributed by atoms with Gasteiger partial charge in [0.2, 0.25) is 0 Å². The van der Waals surface area contributed by atoms with Crippen LogP contribution in [0, 0.1) is 0 Å². The summed E-state index contributed by atoms with van der Waals surface area (Å²) < 4.78 is 5.99. The first-order valence-electron chi connectivity index (χ1n) is 13.0. The van der Waals surface area contributed by atoms with Crippen LogP contribution in [-0.4, -0.2) is 59.0 Å². The molecule has 6 nitrogen and oxygen atoms in total. The normalized spacial score (nSPS) is 21.4. The number of halogens is 1. The van der Waals surface area contributed by atoms with Crippen molar-refractivity contribution in [3.05, 3.63) is 64.8 Å². The molecule has 0 radical (unpaired) electrons. The number of likely N-dealkylation sites (N-methyl/N-ethyl adjacent to an activating group) is 1. The van der Waals surface area contributed by atoms with Gasteiger partial charge in [-0.2, -0.15) is 0 Å². The Labute approximate surface area is 227 Å². The van der Waals surface area contributed by atoms with Crippen molar-refractivity contribution in [2.75, 3.05) is 39.0 Å². The van der Waals surface area contributed by atoms with E-state index in [4.69, 9.17) is 27.1 Å². The number of ether oxygens (including phenoxy) is 1. The Kier molecular flexibility index (Phi) is 7.04. The van der Waals surface area contributed by atoms with Crippen molar-refractivity contribution in [3.63, 3.8) is 0 Å². The fourth-order valence-electron chi connectivity index (χ4n) is 5.74. The summed E-state index contributed by atoms with van der Waals surface area (Å²) in [5, 5.41) is 1.55. The summed E-state index contributed by atoms with van der Waals surface area (Å²) in [4.78, 5) is 16.5. The zero-order valence-corrected chi connectivity index (χ0v) is 22.6. The molecule has 2 fully saturated rings. The van der Waals surface area contributed by atoms with Gasteiger partial charge in [0.25, 0.3) is 0 Å². The van der Waals surface area contributed by atoms with Gasteiger partial charge in [0.15, 0.2) is 0 Å². The van der Waals surface area contributed by atoms with Crippen LogP contribution >= 0.6 is 22.9 Å². The van der Waals surface area contributed by atoms with Gasteiger partial charge < -0.3 is 15.4 Å². The predicted octanol–water partition coefficient (Wildman–Crippen LogP) is 6.66. The second kappa shape index (κ2) is 10.6. The highest BCUT2D eigenvalue weighted by atomic mass is 35.5. The van der Waals surface area contributed by atoms with Gasteiger partial charge in [-0.25, -0.2) is 9.97 Å². The number of anilines is 1. The lowest BCUT2D eigenvalue weighted by Gasteiger charge is -2.41. The number of thiophene rings is 1. The molecule has 0 unspecified atom stereocenters. The second-order valence-corrected chi connectivity index (χ2v) is 11.6. The van der Waals surface area contributed by atoms with Crippen molar-refractivity contribution in [1.82, 2.24) is 19.8 Å². The third kappa shape index (κ3) is 5.06. The van der Waals surface area contributed by atoms with E-state index in [1.54, 1.807) is 17.7 Å². The molecule has 3 heterocycles. The first kappa shape index (κ1) is 24.6. The fraction of sp³-hybridized carbons (Fsp3) is 0.379. The number of rotatable bonds is 5. The van der Waals surface area contributed by atoms with Crippen LogP contribution in [0.1, 0.15) is 36.5 Å². The van der Waals surface area contributed by atoms with Crippen LogP contribution in [0.2, 0.25) is 5.02 Å². The number of nitrogens with zero attached hydrogens (tertiary/aromatic N) is 4. The number of benzene rings is 2. The zero-order chi connectivity index (χ0) is 25.4. The van der Waals surface area contributed by atoms with Gasteiger partial charge in [0.1, 0.15) is 23.6 Å². The Morgan fingerprint density at radius 1 is 0.946 bits per heavy atom. The Bertz CT molecular complexity index is 1380. The molecule has 1 saturated carbocycles. The maximum Gasteiger partial charge on any atom is 0.136 e. The summed E-state index contributed by atoms with van der Waals surface area (Å²) in [6, 6.07) is 16.3. The molecular weight excluding hydrogens is 502 g/mol. The molecule has 0 spiro atoms. The van der Waals surface area contributed by atoms with Gasteiger partial charge in [-0.3, -0.25) is 4.90 Å². The SMILES string of the molecule is CN1CCN(C2CCC(c3sc(-c4ccc(Oc5ccccc5)cc4Cl)c4c(N)ncnc34)CC2)CC1. The van der Waals surface area contributed by atoms with Gasteiger partial charge in [-0.1, -0.05) is 29.8 Å². The van der Waals surface area contributed by atoms with Crippen LogP contribution < -0.4 is 10.5 Å². The Balaban J connectivity index is 1.27. The van der Waals surface area contributed by atoms with E-state index < -0.39 is 0 Å². The lowest BCUT2D eigenvalue weighted by molar-refractivity contribution is 0.0881. The first-order valence-corrected chi connectivity index (χ1v) is 14.2. The Morgan fingerprint density at radius 2 is 1.70 bits per heavy atom. The Morgan fingerprint density at radius 3 is 2.43 bits per heavy atom. The standard InChI is InChI=1S/C29H32ClN5OS/c1-34-13-15-35(16-14-34)20-9-7-19(8-10-20)27-26-25(29(31)33-18-32-26)28(37-27)23-12-11-22(17-24(23)30)36-21-5-3-2-4-6-21/h2-6,11-12,17-20H,7-10,13-16H2,1H3,(H2,31,32,33). The summed E-state index contributed by atoms with van der Waals surface area (Å²) in [5.74, 6) is 2.47. The highest BCUT2D eigenvalue weighted by Gasteiger charge is 2.31. The van der Waals surface area contributed by atoms with Crippen molar-refractivity contribution < 1.29 is 4.74 Å². The molecule has 0 atom stereocenters. The summed E-state index contributed by atoms with van der Waals surface area (Å²) in [7, 11) is 2.22. The Hall–Kier alpha value is -2.71. The highest BCUT2D eigenvalue weighted by molar-refractivity contribution is 7.17. The third-order valence-electron chi connectivity index (χ3n) is 7.83. The monoisotopic (exact) mass is 533 g/mol. The molecule has 2 N–H and O–H groups in total. The van der Waals surface area contributed by atoms with Gasteiger partial charge in [0, 0.05) is 53.6 Å². The van der Waals surface area contributed by atoms with E-state index in [1.807, 2.05) is 48.5 Å². The molecule has 2 aromatic carbocycles. The number of hydrogen-bond acceptors (Lipinski definition) is 7. The molecule has 0 amide bonds. The van der Waals surface area contributed by atoms with Crippen molar-refractivity contribution in [2.45, 2.75) is 37.6 Å². The summed E-state index contributed by atoms with van der Waals surface area (Å²) in [5.41, 5.74) is 8.35. The molecule has 2 aromatic heterocycles. The van der Waals surface area contributed by atoms with Crippen LogP contribution in [0.5, 0.6) is 11.5 Å². The largest absolute Gasteiger partial charge is 0.457 e. The molecule has 2 aliphatic rings. The first-order chi connectivity index (χ1) is 18.1. The quantitative estimate of drug-likeness (QED) is 0.309. The third-order valence-corrected chi connectivity index (χ3v) is 9.52. The molecule has 0 bridgehead atoms. The summed E-state index contributed by atoms with van der Waals surface area (Å²) in [6.07, 6.45) is 6.40. The molecule has 1 aliphatic carbocycles. The van der Waals surface area contributed by atoms with E-state index >= 15 is 0 Å². The topological polar surface area (TPSA) is 67.5 Å².